The minimum atomic E-state index is -1.81. The summed E-state index contributed by atoms with van der Waals surface area (Å²) in [5.41, 5.74) is -2.35. The molecule has 304 valence electrons. The van der Waals surface area contributed by atoms with Crippen LogP contribution < -0.4 is 5.32 Å². The fraction of sp³-hybridized carbons (Fsp3) is 0.738. The summed E-state index contributed by atoms with van der Waals surface area (Å²) < 4.78 is 52.5. The van der Waals surface area contributed by atoms with Crippen molar-refractivity contribution in [3.63, 3.8) is 0 Å². The summed E-state index contributed by atoms with van der Waals surface area (Å²) >= 11 is 0. The number of aliphatic hydroxyl groups excluding tert-OH is 1. The van der Waals surface area contributed by atoms with Crippen molar-refractivity contribution in [2.75, 3.05) is 6.61 Å². The van der Waals surface area contributed by atoms with E-state index in [0.29, 0.717) is 18.4 Å². The number of fused-ring (bicyclic) bond motifs is 8. The third-order valence-electron chi connectivity index (χ3n) is 13.0. The quantitative estimate of drug-likeness (QED) is 0.204. The highest BCUT2D eigenvalue weighted by atomic mass is 16.8. The molecule has 2 saturated carbocycles. The highest BCUT2D eigenvalue weighted by molar-refractivity contribution is 5.78. The zero-order valence-electron chi connectivity index (χ0n) is 34.3. The molecule has 3 saturated heterocycles. The summed E-state index contributed by atoms with van der Waals surface area (Å²) in [5.74, 6) is -3.93. The van der Waals surface area contributed by atoms with Gasteiger partial charge in [0.2, 0.25) is 0 Å². The SMILES string of the molecule is CC(=O)O[C@@]12CO[C@@H]1CC[C@@]1(C)[C@H]3OC(C)(C)O[C@@H]3C3=C(C)[C@@H](OC(=O)[C@H](O)[C@@H](NC(=O)OC(C)(C)C)c4ccccc4)C[C@]4(OC(C)(C)O[C@H]4[C@@H]12)C3(C)C. The van der Waals surface area contributed by atoms with Crippen molar-refractivity contribution in [1.29, 1.82) is 0 Å². The Morgan fingerprint density at radius 2 is 1.60 bits per heavy atom. The number of carbonyl (C=O) groups is 3. The zero-order valence-corrected chi connectivity index (χ0v) is 34.3. The van der Waals surface area contributed by atoms with Crippen molar-refractivity contribution in [3.05, 3.63) is 47.0 Å². The second-order valence-corrected chi connectivity index (χ2v) is 19.1. The fourth-order valence-electron chi connectivity index (χ4n) is 10.9. The van der Waals surface area contributed by atoms with E-state index in [0.717, 1.165) is 11.1 Å². The molecule has 13 heteroatoms. The number of benzene rings is 1. The van der Waals surface area contributed by atoms with Gasteiger partial charge < -0.3 is 48.3 Å². The van der Waals surface area contributed by atoms with E-state index >= 15 is 0 Å². The van der Waals surface area contributed by atoms with E-state index in [1.54, 1.807) is 51.1 Å². The molecule has 1 spiro atoms. The van der Waals surface area contributed by atoms with Gasteiger partial charge in [0.25, 0.3) is 0 Å². The molecule has 1 amide bonds. The molecule has 5 fully saturated rings. The first-order chi connectivity index (χ1) is 25.4. The van der Waals surface area contributed by atoms with Crippen molar-refractivity contribution < 1.29 is 57.4 Å². The monoisotopic (exact) mass is 769 g/mol. The Balaban J connectivity index is 1.35. The Hall–Kier alpha value is -3.07. The van der Waals surface area contributed by atoms with E-state index < -0.39 is 99.7 Å². The minimum absolute atomic E-state index is 0.160. The molecule has 55 heavy (non-hydrogen) atoms. The highest BCUT2D eigenvalue weighted by Gasteiger charge is 2.79. The number of aliphatic hydroxyl groups is 1. The summed E-state index contributed by atoms with van der Waals surface area (Å²) in [7, 11) is 0. The average molecular weight is 770 g/mol. The Kier molecular flexibility index (Phi) is 9.47. The van der Waals surface area contributed by atoms with E-state index in [4.69, 9.17) is 37.9 Å². The van der Waals surface area contributed by atoms with Crippen LogP contribution >= 0.6 is 0 Å². The van der Waals surface area contributed by atoms with Crippen LogP contribution in [0.2, 0.25) is 0 Å². The van der Waals surface area contributed by atoms with Gasteiger partial charge in [-0.25, -0.2) is 9.59 Å². The number of hydrogen-bond acceptors (Lipinski definition) is 12. The maximum atomic E-state index is 14.3. The van der Waals surface area contributed by atoms with Crippen molar-refractivity contribution in [1.82, 2.24) is 5.32 Å². The molecule has 0 aromatic heterocycles. The molecule has 3 heterocycles. The predicted octanol–water partition coefficient (Wildman–Crippen LogP) is 5.81. The molecule has 13 nitrogen and oxygen atoms in total. The molecule has 3 aliphatic carbocycles. The summed E-state index contributed by atoms with van der Waals surface area (Å²) in [6.45, 7) is 22.7. The van der Waals surface area contributed by atoms with Gasteiger partial charge in [-0.2, -0.15) is 0 Å². The van der Waals surface area contributed by atoms with Crippen molar-refractivity contribution in [3.8, 4) is 0 Å². The number of alkyl carbamates (subject to hydrolysis) is 1. The molecule has 0 radical (unpaired) electrons. The van der Waals surface area contributed by atoms with Gasteiger partial charge in [0.05, 0.1) is 24.9 Å². The molecular weight excluding hydrogens is 710 g/mol. The van der Waals surface area contributed by atoms with E-state index in [1.165, 1.54) is 6.92 Å². The number of ether oxygens (including phenoxy) is 8. The Morgan fingerprint density at radius 1 is 0.945 bits per heavy atom. The Bertz CT molecular complexity index is 1750. The van der Waals surface area contributed by atoms with Gasteiger partial charge in [-0.15, -0.1) is 0 Å². The summed E-state index contributed by atoms with van der Waals surface area (Å²) in [6.07, 6.45) is -4.19. The highest BCUT2D eigenvalue weighted by Crippen LogP contribution is 2.70. The van der Waals surface area contributed by atoms with E-state index in [-0.39, 0.29) is 19.1 Å². The number of amides is 1. The van der Waals surface area contributed by atoms with Crippen molar-refractivity contribution in [2.24, 2.45) is 16.7 Å². The van der Waals surface area contributed by atoms with E-state index in [9.17, 15) is 19.5 Å². The number of carbonyl (C=O) groups excluding carboxylic acids is 3. The van der Waals surface area contributed by atoms with Crippen LogP contribution in [0.3, 0.4) is 0 Å². The van der Waals surface area contributed by atoms with Crippen LogP contribution in [-0.4, -0.2) is 94.7 Å². The molecule has 2 N–H and O–H groups in total. The molecule has 6 aliphatic rings. The normalized spacial score (nSPS) is 39.0. The molecular formula is C42H59NO12. The largest absolute Gasteiger partial charge is 0.456 e. The summed E-state index contributed by atoms with van der Waals surface area (Å²) in [6, 6.07) is 7.53. The molecule has 1 aromatic carbocycles. The molecule has 0 unspecified atom stereocenters. The summed E-state index contributed by atoms with van der Waals surface area (Å²) in [4.78, 5) is 40.3. The van der Waals surface area contributed by atoms with Crippen LogP contribution in [0.25, 0.3) is 0 Å². The third kappa shape index (κ3) is 6.41. The van der Waals surface area contributed by atoms with E-state index in [1.807, 2.05) is 34.6 Å². The maximum Gasteiger partial charge on any atom is 0.408 e. The van der Waals surface area contributed by atoms with Crippen LogP contribution in [0, 0.1) is 16.7 Å². The van der Waals surface area contributed by atoms with Gasteiger partial charge in [-0.3, -0.25) is 4.79 Å². The number of rotatable bonds is 6. The molecule has 11 atom stereocenters. The van der Waals surface area contributed by atoms with Crippen LogP contribution in [-0.2, 0) is 47.5 Å². The van der Waals surface area contributed by atoms with Crippen molar-refractivity contribution >= 4 is 18.0 Å². The lowest BCUT2D eigenvalue weighted by molar-refractivity contribution is -0.338. The van der Waals surface area contributed by atoms with Gasteiger partial charge in [-0.1, -0.05) is 51.1 Å². The van der Waals surface area contributed by atoms with Gasteiger partial charge in [0, 0.05) is 30.1 Å². The van der Waals surface area contributed by atoms with Gasteiger partial charge in [-0.05, 0) is 84.9 Å². The third-order valence-corrected chi connectivity index (χ3v) is 13.0. The standard InChI is InChI=1S/C42H59NO12/c1-22-25(49-34(46)29(45)28(24-16-14-13-15-17-24)43-35(47)54-36(3,4)5)20-42-33(53-39(10,11)55-42)31-40(12,19-18-26-41(31,21-48-26)50-23(2)44)32-30(27(22)37(42,6)7)51-38(8,9)52-32/h13-17,25-26,28-33,45H,18-21H2,1-12H3,(H,43,47)/t25-,26+,28-,29+,30+,31-,32-,33-,40+,41-,42+/m0/s1. The Labute approximate surface area is 324 Å². The average Bonchev–Trinajstić information content (AvgIpc) is 3.51. The number of hydrogen-bond donors (Lipinski definition) is 2. The first-order valence-corrected chi connectivity index (χ1v) is 19.6. The predicted molar refractivity (Wildman–Crippen MR) is 197 cm³/mol. The molecule has 7 rings (SSSR count). The molecule has 2 bridgehead atoms. The topological polar surface area (TPSA) is 157 Å². The zero-order chi connectivity index (χ0) is 40.3. The second kappa shape index (κ2) is 13.0. The molecule has 3 aliphatic heterocycles. The maximum absolute atomic E-state index is 14.3. The fourth-order valence-corrected chi connectivity index (χ4v) is 10.9. The molecule has 1 aromatic rings. The van der Waals surface area contributed by atoms with E-state index in [2.05, 4.69) is 26.1 Å². The number of nitrogens with one attached hydrogen (secondary N) is 1. The van der Waals surface area contributed by atoms with Crippen LogP contribution in [0.15, 0.2) is 41.5 Å². The van der Waals surface area contributed by atoms with Crippen molar-refractivity contribution in [2.45, 2.75) is 173 Å². The smallest absolute Gasteiger partial charge is 0.408 e. The Morgan fingerprint density at radius 3 is 2.20 bits per heavy atom. The lowest BCUT2D eigenvalue weighted by Gasteiger charge is -2.67. The van der Waals surface area contributed by atoms with Gasteiger partial charge >= 0.3 is 18.0 Å². The van der Waals surface area contributed by atoms with Crippen LogP contribution in [0.4, 0.5) is 4.79 Å². The van der Waals surface area contributed by atoms with Gasteiger partial charge in [0.15, 0.2) is 23.3 Å². The first kappa shape index (κ1) is 40.1. The summed E-state index contributed by atoms with van der Waals surface area (Å²) in [5, 5.41) is 14.4. The lowest BCUT2D eigenvalue weighted by Crippen LogP contribution is -2.78. The second-order valence-electron chi connectivity index (χ2n) is 19.1. The van der Waals surface area contributed by atoms with Crippen LogP contribution in [0.5, 0.6) is 0 Å². The van der Waals surface area contributed by atoms with Crippen LogP contribution in [0.1, 0.15) is 114 Å². The first-order valence-electron chi connectivity index (χ1n) is 19.6. The number of esters is 2. The lowest BCUT2D eigenvalue weighted by atomic mass is 9.45. The van der Waals surface area contributed by atoms with Gasteiger partial charge in [0.1, 0.15) is 29.5 Å². The minimum Gasteiger partial charge on any atom is -0.456 e.